The maximum absolute atomic E-state index is 9.33. The molecule has 0 fully saturated rings. The third-order valence-corrected chi connectivity index (χ3v) is 3.73. The molecule has 0 saturated carbocycles. The first-order chi connectivity index (χ1) is 9.63. The van der Waals surface area contributed by atoms with Gasteiger partial charge in [0.1, 0.15) is 0 Å². The molecule has 106 valence electrons. The predicted molar refractivity (Wildman–Crippen MR) is 83.5 cm³/mol. The van der Waals surface area contributed by atoms with Crippen LogP contribution in [0.2, 0.25) is 0 Å². The Morgan fingerprint density at radius 2 is 1.50 bits per heavy atom. The van der Waals surface area contributed by atoms with E-state index in [1.54, 1.807) is 0 Å². The zero-order chi connectivity index (χ0) is 14.4. The lowest BCUT2D eigenvalue weighted by atomic mass is 9.84. The van der Waals surface area contributed by atoms with Gasteiger partial charge in [-0.05, 0) is 16.7 Å². The summed E-state index contributed by atoms with van der Waals surface area (Å²) in [6.45, 7) is 6.27. The number of aliphatic hydroxyl groups excluding tert-OH is 1. The number of rotatable bonds is 6. The molecule has 20 heavy (non-hydrogen) atoms. The van der Waals surface area contributed by atoms with Crippen molar-refractivity contribution in [2.75, 3.05) is 6.54 Å². The minimum atomic E-state index is 0.0927. The maximum atomic E-state index is 9.33. The Balaban J connectivity index is 1.96. The zero-order valence-electron chi connectivity index (χ0n) is 12.3. The summed E-state index contributed by atoms with van der Waals surface area (Å²) in [5.74, 6) is 0. The van der Waals surface area contributed by atoms with E-state index in [0.29, 0.717) is 0 Å². The van der Waals surface area contributed by atoms with Crippen LogP contribution in [-0.4, -0.2) is 11.7 Å². The molecule has 2 aromatic carbocycles. The second-order valence-corrected chi connectivity index (χ2v) is 5.78. The molecular weight excluding hydrogens is 246 g/mol. The summed E-state index contributed by atoms with van der Waals surface area (Å²) in [5, 5.41) is 12.8. The van der Waals surface area contributed by atoms with E-state index in [9.17, 15) is 5.11 Å². The Morgan fingerprint density at radius 1 is 0.900 bits per heavy atom. The van der Waals surface area contributed by atoms with Crippen molar-refractivity contribution in [3.63, 3.8) is 0 Å². The number of benzene rings is 2. The largest absolute Gasteiger partial charge is 0.392 e. The van der Waals surface area contributed by atoms with Gasteiger partial charge in [-0.15, -0.1) is 0 Å². The summed E-state index contributed by atoms with van der Waals surface area (Å²) in [5.41, 5.74) is 3.59. The van der Waals surface area contributed by atoms with Crippen molar-refractivity contribution in [1.29, 1.82) is 0 Å². The average Bonchev–Trinajstić information content (AvgIpc) is 2.48. The molecule has 0 aromatic heterocycles. The first kappa shape index (κ1) is 14.8. The fraction of sp³-hybridized carbons (Fsp3) is 0.333. The molecule has 0 amide bonds. The van der Waals surface area contributed by atoms with E-state index in [1.165, 1.54) is 11.1 Å². The molecule has 2 N–H and O–H groups in total. The smallest absolute Gasteiger partial charge is 0.0685 e. The molecule has 0 aliphatic rings. The molecule has 2 rings (SSSR count). The standard InChI is InChI=1S/C18H23NO/c1-18(2,17-10-4-3-5-11-17)14-19-12-15-8-6-7-9-16(15)13-20/h3-11,19-20H,12-14H2,1-2H3. The van der Waals surface area contributed by atoms with E-state index in [4.69, 9.17) is 0 Å². The van der Waals surface area contributed by atoms with Crippen LogP contribution in [0.5, 0.6) is 0 Å². The van der Waals surface area contributed by atoms with Gasteiger partial charge in [-0.3, -0.25) is 0 Å². The van der Waals surface area contributed by atoms with Crippen LogP contribution in [0.3, 0.4) is 0 Å². The number of aliphatic hydroxyl groups is 1. The first-order valence-electron chi connectivity index (χ1n) is 7.07. The lowest BCUT2D eigenvalue weighted by Crippen LogP contribution is -2.32. The van der Waals surface area contributed by atoms with Gasteiger partial charge in [0.15, 0.2) is 0 Å². The minimum Gasteiger partial charge on any atom is -0.392 e. The number of nitrogens with one attached hydrogen (secondary N) is 1. The fourth-order valence-corrected chi connectivity index (χ4v) is 2.39. The van der Waals surface area contributed by atoms with Crippen LogP contribution < -0.4 is 5.32 Å². The summed E-state index contributed by atoms with van der Waals surface area (Å²) in [6, 6.07) is 18.6. The number of hydrogen-bond acceptors (Lipinski definition) is 2. The molecule has 0 atom stereocenters. The van der Waals surface area contributed by atoms with Gasteiger partial charge in [-0.1, -0.05) is 68.4 Å². The highest BCUT2D eigenvalue weighted by Gasteiger charge is 2.19. The van der Waals surface area contributed by atoms with E-state index in [2.05, 4.69) is 49.5 Å². The quantitative estimate of drug-likeness (QED) is 0.843. The Hall–Kier alpha value is -1.64. The first-order valence-corrected chi connectivity index (χ1v) is 7.07. The van der Waals surface area contributed by atoms with Gasteiger partial charge < -0.3 is 10.4 Å². The van der Waals surface area contributed by atoms with Crippen molar-refractivity contribution in [3.8, 4) is 0 Å². The van der Waals surface area contributed by atoms with Crippen molar-refractivity contribution < 1.29 is 5.11 Å². The highest BCUT2D eigenvalue weighted by Crippen LogP contribution is 2.22. The Kier molecular flexibility index (Phi) is 4.94. The average molecular weight is 269 g/mol. The molecule has 0 heterocycles. The van der Waals surface area contributed by atoms with Crippen LogP contribution in [0, 0.1) is 0 Å². The molecular formula is C18H23NO. The lowest BCUT2D eigenvalue weighted by Gasteiger charge is -2.26. The highest BCUT2D eigenvalue weighted by molar-refractivity contribution is 5.27. The number of hydrogen-bond donors (Lipinski definition) is 2. The highest BCUT2D eigenvalue weighted by atomic mass is 16.3. The van der Waals surface area contributed by atoms with E-state index >= 15 is 0 Å². The molecule has 0 spiro atoms. The molecule has 2 heteroatoms. The van der Waals surface area contributed by atoms with Crippen LogP contribution in [0.4, 0.5) is 0 Å². The summed E-state index contributed by atoms with van der Waals surface area (Å²) in [6.07, 6.45) is 0. The van der Waals surface area contributed by atoms with Crippen LogP contribution in [0.25, 0.3) is 0 Å². The van der Waals surface area contributed by atoms with E-state index in [1.807, 2.05) is 24.3 Å². The monoisotopic (exact) mass is 269 g/mol. The van der Waals surface area contributed by atoms with Gasteiger partial charge in [0.2, 0.25) is 0 Å². The van der Waals surface area contributed by atoms with Gasteiger partial charge in [0.25, 0.3) is 0 Å². The molecule has 0 aliphatic heterocycles. The van der Waals surface area contributed by atoms with E-state index in [-0.39, 0.29) is 12.0 Å². The second kappa shape index (κ2) is 6.69. The Labute approximate surface area is 121 Å². The fourth-order valence-electron chi connectivity index (χ4n) is 2.39. The van der Waals surface area contributed by atoms with Crippen molar-refractivity contribution >= 4 is 0 Å². The summed E-state index contributed by atoms with van der Waals surface area (Å²) in [4.78, 5) is 0. The molecule has 2 aromatic rings. The zero-order valence-corrected chi connectivity index (χ0v) is 12.3. The predicted octanol–water partition coefficient (Wildman–Crippen LogP) is 3.25. The van der Waals surface area contributed by atoms with Gasteiger partial charge >= 0.3 is 0 Å². The van der Waals surface area contributed by atoms with Crippen LogP contribution >= 0.6 is 0 Å². The van der Waals surface area contributed by atoms with Crippen molar-refractivity contribution in [2.45, 2.75) is 32.4 Å². The Bertz CT molecular complexity index is 534. The third kappa shape index (κ3) is 3.69. The van der Waals surface area contributed by atoms with Gasteiger partial charge in [-0.2, -0.15) is 0 Å². The van der Waals surface area contributed by atoms with Crippen molar-refractivity contribution in [3.05, 3.63) is 71.3 Å². The van der Waals surface area contributed by atoms with Crippen molar-refractivity contribution in [2.24, 2.45) is 0 Å². The SMILES string of the molecule is CC(C)(CNCc1ccccc1CO)c1ccccc1. The van der Waals surface area contributed by atoms with Crippen LogP contribution in [0.15, 0.2) is 54.6 Å². The molecule has 0 bridgehead atoms. The minimum absolute atomic E-state index is 0.0927. The van der Waals surface area contributed by atoms with Gasteiger partial charge in [0.05, 0.1) is 6.61 Å². The van der Waals surface area contributed by atoms with Gasteiger partial charge in [-0.25, -0.2) is 0 Å². The normalized spacial score (nSPS) is 11.6. The molecule has 0 saturated heterocycles. The van der Waals surface area contributed by atoms with E-state index in [0.717, 1.165) is 18.7 Å². The van der Waals surface area contributed by atoms with E-state index < -0.39 is 0 Å². The summed E-state index contributed by atoms with van der Waals surface area (Å²) in [7, 11) is 0. The molecule has 2 nitrogen and oxygen atoms in total. The lowest BCUT2D eigenvalue weighted by molar-refractivity contribution is 0.280. The van der Waals surface area contributed by atoms with Crippen LogP contribution in [-0.2, 0) is 18.6 Å². The third-order valence-electron chi connectivity index (χ3n) is 3.73. The second-order valence-electron chi connectivity index (χ2n) is 5.78. The molecule has 0 unspecified atom stereocenters. The Morgan fingerprint density at radius 3 is 2.15 bits per heavy atom. The molecule has 0 aliphatic carbocycles. The molecule has 0 radical (unpaired) electrons. The summed E-state index contributed by atoms with van der Waals surface area (Å²) < 4.78 is 0. The summed E-state index contributed by atoms with van der Waals surface area (Å²) >= 11 is 0. The van der Waals surface area contributed by atoms with Crippen molar-refractivity contribution in [1.82, 2.24) is 5.32 Å². The maximum Gasteiger partial charge on any atom is 0.0685 e. The topological polar surface area (TPSA) is 32.3 Å². The van der Waals surface area contributed by atoms with Crippen LogP contribution in [0.1, 0.15) is 30.5 Å². The van der Waals surface area contributed by atoms with Gasteiger partial charge in [0, 0.05) is 18.5 Å².